The van der Waals surface area contributed by atoms with Gasteiger partial charge in [0.2, 0.25) is 22.6 Å². The van der Waals surface area contributed by atoms with Crippen molar-refractivity contribution in [2.24, 2.45) is 0 Å². The smallest absolute Gasteiger partial charge is 0.322 e. The third-order valence-electron chi connectivity index (χ3n) is 12.6. The zero-order chi connectivity index (χ0) is 74.0. The monoisotopic (exact) mass is 1590 g/mol. The number of rotatable bonds is 7. The first-order valence-corrected chi connectivity index (χ1v) is 29.1. The van der Waals surface area contributed by atoms with Crippen LogP contribution in [0.3, 0.4) is 0 Å². The van der Waals surface area contributed by atoms with Gasteiger partial charge in [-0.15, -0.1) is 0 Å². The van der Waals surface area contributed by atoms with Gasteiger partial charge in [0.05, 0.1) is 82.3 Å². The number of hydrogen-bond acceptors (Lipinski definition) is 20. The highest BCUT2D eigenvalue weighted by atomic mass is 79.9. The summed E-state index contributed by atoms with van der Waals surface area (Å²) < 4.78 is 116. The van der Waals surface area contributed by atoms with Gasteiger partial charge < -0.3 is 56.6 Å². The second kappa shape index (κ2) is 34.5. The predicted molar refractivity (Wildman–Crippen MR) is 367 cm³/mol. The number of fused-ring (bicyclic) bond motifs is 1. The predicted octanol–water partition coefficient (Wildman–Crippen LogP) is 16.1. The molecule has 0 bridgehead atoms. The molecule has 2 heterocycles. The molecule has 0 saturated heterocycles. The number of nitro groups is 4. The molecular weight excluding hydrogens is 1550 g/mol. The molecule has 0 aliphatic heterocycles. The fourth-order valence-electron chi connectivity index (χ4n) is 7.96. The molecule has 2 aromatic heterocycles. The van der Waals surface area contributed by atoms with Gasteiger partial charge in [0.15, 0.2) is 52.1 Å². The molecule has 512 valence electrons. The third kappa shape index (κ3) is 19.1. The molecule has 0 aliphatic rings. The average Bonchev–Trinajstić information content (AvgIpc) is 1.73. The Labute approximate surface area is 580 Å². The van der Waals surface area contributed by atoms with Crippen molar-refractivity contribution in [1.29, 1.82) is 0 Å². The number of nitrogens with two attached hydrogens (primary N) is 9. The number of imidazole rings is 1. The van der Waals surface area contributed by atoms with Crippen molar-refractivity contribution in [1.82, 2.24) is 19.9 Å². The minimum atomic E-state index is -1.85. The van der Waals surface area contributed by atoms with Crippen LogP contribution in [0, 0.1) is 99.4 Å². The van der Waals surface area contributed by atoms with Crippen molar-refractivity contribution in [3.63, 3.8) is 0 Å². The summed E-state index contributed by atoms with van der Waals surface area (Å²) in [6.45, 7) is 6.52. The maximum atomic E-state index is 13.7. The standard InChI is InChI=1S/C13H10FN3.C12H10FN3O2.C12H12FN3.C6HBrF3NO2.C6H3BrF2N2O2.C6H5BrFN3O2.C5H2ClN3/c14-11-10(15)6-9(8-4-2-1-3-5-8)12-13(11)17-7-16-12;13-10-9(14)6-8(7-4-2-1-3-5-7)12(11(10)15)16(17)18;13-10-9(14)6-8(11(15)12(10)16)7-4-2-1-3-5-7;2*7-2-1-3(8)4(9)5(10)6(2)11(12)13;7-2-1-3(9)4(8)5(10)6(2)11(12)13;1-7-4-2-8-5(6)9-3-4/h1-7H,15H2,(H,16,17);1-6H,14-15H2;1-6H,14-16H2;1H;1H,10H2;1H,9-10H2;2-3H. The van der Waals surface area contributed by atoms with Gasteiger partial charge in [-0.3, -0.25) is 40.5 Å². The first-order valence-electron chi connectivity index (χ1n) is 26.4. The lowest BCUT2D eigenvalue weighted by molar-refractivity contribution is -0.388. The minimum Gasteiger partial charge on any atom is -0.396 e. The van der Waals surface area contributed by atoms with E-state index in [-0.39, 0.29) is 59.4 Å². The van der Waals surface area contributed by atoms with Crippen molar-refractivity contribution in [2.45, 2.75) is 0 Å². The van der Waals surface area contributed by atoms with Crippen molar-refractivity contribution < 1.29 is 59.2 Å². The first-order chi connectivity index (χ1) is 46.6. The van der Waals surface area contributed by atoms with Gasteiger partial charge in [-0.05, 0) is 112 Å². The zero-order valence-electron chi connectivity index (χ0n) is 49.3. The Morgan fingerprint density at radius 3 is 1.22 bits per heavy atom. The first kappa shape index (κ1) is 77.6. The Hall–Kier alpha value is -12.1. The summed E-state index contributed by atoms with van der Waals surface area (Å²) in [5.41, 5.74) is 49.3. The summed E-state index contributed by atoms with van der Waals surface area (Å²) in [6, 6.07) is 34.2. The van der Waals surface area contributed by atoms with Gasteiger partial charge in [-0.1, -0.05) is 91.0 Å². The zero-order valence-corrected chi connectivity index (χ0v) is 54.8. The number of H-pyrrole nitrogens is 1. The number of hydrogen-bond donors (Lipinski definition) is 10. The highest BCUT2D eigenvalue weighted by Gasteiger charge is 2.28. The topological polar surface area (TPSA) is 466 Å². The van der Waals surface area contributed by atoms with E-state index in [2.05, 4.69) is 72.6 Å². The largest absolute Gasteiger partial charge is 0.396 e. The maximum Gasteiger partial charge on any atom is 0.322 e. The Morgan fingerprint density at radius 1 is 0.414 bits per heavy atom. The van der Waals surface area contributed by atoms with E-state index in [4.69, 9.17) is 69.8 Å². The van der Waals surface area contributed by atoms with E-state index < -0.39 is 116 Å². The van der Waals surface area contributed by atoms with E-state index in [1.54, 1.807) is 36.4 Å². The average molecular weight is 1590 g/mol. The molecule has 0 atom stereocenters. The van der Waals surface area contributed by atoms with E-state index in [0.29, 0.717) is 34.5 Å². The van der Waals surface area contributed by atoms with Crippen LogP contribution in [0.2, 0.25) is 5.28 Å². The second-order valence-corrected chi connectivity index (χ2v) is 21.8. The number of anilines is 9. The Kier molecular flexibility index (Phi) is 27.1. The van der Waals surface area contributed by atoms with E-state index in [1.165, 1.54) is 30.9 Å². The molecule has 39 heteroatoms. The summed E-state index contributed by atoms with van der Waals surface area (Å²) in [7, 11) is 0. The van der Waals surface area contributed by atoms with Crippen LogP contribution in [0.1, 0.15) is 0 Å². The van der Waals surface area contributed by atoms with E-state index in [1.807, 2.05) is 60.7 Å². The lowest BCUT2D eigenvalue weighted by atomic mass is 10.0. The minimum absolute atomic E-state index is 0.00514. The highest BCUT2D eigenvalue weighted by Crippen LogP contribution is 2.41. The number of benzene rings is 9. The molecule has 0 fully saturated rings. The number of nitrogen functional groups attached to an aromatic ring is 9. The third-order valence-corrected chi connectivity index (χ3v) is 14.6. The molecule has 0 saturated carbocycles. The lowest BCUT2D eigenvalue weighted by Gasteiger charge is -2.11. The van der Waals surface area contributed by atoms with Crippen LogP contribution in [0.5, 0.6) is 0 Å². The highest BCUT2D eigenvalue weighted by molar-refractivity contribution is 9.11. The van der Waals surface area contributed by atoms with E-state index in [9.17, 15) is 80.0 Å². The van der Waals surface area contributed by atoms with Gasteiger partial charge in [0.1, 0.15) is 20.1 Å². The van der Waals surface area contributed by atoms with Crippen LogP contribution in [0.15, 0.2) is 160 Å². The maximum absolute atomic E-state index is 13.7. The number of halogens is 13. The summed E-state index contributed by atoms with van der Waals surface area (Å²) in [6.07, 6.45) is 4.23. The summed E-state index contributed by atoms with van der Waals surface area (Å²) in [4.78, 5) is 55.5. The molecule has 0 radical (unpaired) electrons. The SMILES string of the molecule is Nc1c(F)c(F)cc(Br)c1[N+](=O)[O-].Nc1cc(-c2ccccc2)c(N)c(N)c1F.Nc1cc(-c2ccccc2)c([N+](=O)[O-])c(N)c1F.Nc1cc(-c2ccccc2)c2[nH]cnc2c1F.Nc1cc(Br)c([N+](=O)[O-])c(N)c1F.O=[N+]([O-])c1c(Br)cc(F)c(F)c1F.[C-]#[N+]c1cnc(Cl)nc1. The normalized spacial score (nSPS) is 10.1. The fraction of sp³-hybridized carbons (Fsp3) is 0. The van der Waals surface area contributed by atoms with Crippen molar-refractivity contribution in [3.8, 4) is 33.4 Å². The second-order valence-electron chi connectivity index (χ2n) is 18.9. The molecule has 11 rings (SSSR count). The molecule has 0 unspecified atom stereocenters. The van der Waals surface area contributed by atoms with Crippen LogP contribution >= 0.6 is 59.4 Å². The van der Waals surface area contributed by atoms with Crippen molar-refractivity contribution in [2.75, 3.05) is 51.6 Å². The summed E-state index contributed by atoms with van der Waals surface area (Å²) in [5.74, 6) is -10.8. The summed E-state index contributed by atoms with van der Waals surface area (Å²) >= 11 is 13.5. The van der Waals surface area contributed by atoms with E-state index >= 15 is 0 Å². The van der Waals surface area contributed by atoms with Crippen LogP contribution in [0.25, 0.3) is 49.3 Å². The molecule has 99 heavy (non-hydrogen) atoms. The van der Waals surface area contributed by atoms with E-state index in [0.717, 1.165) is 22.8 Å². The quantitative estimate of drug-likeness (QED) is 0.0104. The van der Waals surface area contributed by atoms with Crippen molar-refractivity contribution >= 4 is 150 Å². The molecule has 0 aliphatic carbocycles. The molecule has 11 aromatic rings. The lowest BCUT2D eigenvalue weighted by Crippen LogP contribution is -2.04. The van der Waals surface area contributed by atoms with Crippen LogP contribution < -0.4 is 51.6 Å². The molecule has 19 N–H and O–H groups in total. The number of nitro benzene ring substituents is 4. The molecule has 0 amide bonds. The van der Waals surface area contributed by atoms with Crippen molar-refractivity contribution in [3.05, 3.63) is 269 Å². The van der Waals surface area contributed by atoms with Gasteiger partial charge in [-0.2, -0.15) is 4.39 Å². The van der Waals surface area contributed by atoms with Crippen LogP contribution in [-0.4, -0.2) is 39.6 Å². The number of nitrogens with zero attached hydrogens (tertiary/aromatic N) is 8. The number of nitrogens with one attached hydrogen (secondary N) is 1. The molecular formula is C60H43Br3ClF9N18O8. The van der Waals surface area contributed by atoms with Gasteiger partial charge in [-0.25, -0.2) is 54.9 Å². The Morgan fingerprint density at radius 2 is 0.768 bits per heavy atom. The molecule has 0 spiro atoms. The molecule has 9 aromatic carbocycles. The van der Waals surface area contributed by atoms with Gasteiger partial charge in [0.25, 0.3) is 0 Å². The fourth-order valence-corrected chi connectivity index (χ4v) is 9.74. The van der Waals surface area contributed by atoms with Gasteiger partial charge in [0, 0.05) is 23.5 Å². The number of aromatic amines is 1. The molecule has 26 nitrogen and oxygen atoms in total. The van der Waals surface area contributed by atoms with Gasteiger partial charge >= 0.3 is 22.7 Å². The summed E-state index contributed by atoms with van der Waals surface area (Å²) in [5, 5.41) is 42.0. The van der Waals surface area contributed by atoms with Crippen LogP contribution in [0.4, 0.5) is 119 Å². The number of aromatic nitrogens is 4. The van der Waals surface area contributed by atoms with Crippen LogP contribution in [-0.2, 0) is 0 Å². The Balaban J connectivity index is 0.000000210. The Bertz CT molecular complexity index is 4720.